The Bertz CT molecular complexity index is 2020. The molecule has 1 heterocycles. The molecule has 4 bridgehead atoms. The third-order valence-corrected chi connectivity index (χ3v) is 10.8. The van der Waals surface area contributed by atoms with Gasteiger partial charge in [-0.25, -0.2) is 0 Å². The molecule has 15 nitrogen and oxygen atoms in total. The lowest BCUT2D eigenvalue weighted by atomic mass is 9.93. The van der Waals surface area contributed by atoms with Crippen LogP contribution in [0.15, 0.2) is 59.1 Å². The molecule has 0 saturated heterocycles. The number of ether oxygens (including phenoxy) is 2. The quantitative estimate of drug-likeness (QED) is 0.0753. The summed E-state index contributed by atoms with van der Waals surface area (Å²) in [6, 6.07) is 14.1. The Morgan fingerprint density at radius 2 is 1.55 bits per heavy atom. The van der Waals surface area contributed by atoms with Gasteiger partial charge in [0.25, 0.3) is 5.91 Å². The Labute approximate surface area is 360 Å². The first-order valence-corrected chi connectivity index (χ1v) is 21.2. The summed E-state index contributed by atoms with van der Waals surface area (Å²) in [7, 11) is 1.43. The number of nitriles is 1. The Balaban J connectivity index is 1.69. The first-order valence-electron chi connectivity index (χ1n) is 20.4. The second kappa shape index (κ2) is 23.9. The molecule has 4 rings (SSSR count). The lowest BCUT2D eigenvalue weighted by Gasteiger charge is -2.30. The fourth-order valence-corrected chi connectivity index (χ4v) is 7.47. The monoisotopic (exact) mass is 888 g/mol. The average Bonchev–Trinajstić information content (AvgIpc) is 3.24. The minimum atomic E-state index is -1.31. The van der Waals surface area contributed by atoms with Crippen LogP contribution in [0.1, 0.15) is 85.5 Å². The molecule has 8 N–H and O–H groups in total. The standard InChI is InChI=1S/C44H57BrN8O7/c1-4-5-6-7-8-9-10-29-11-14-32(35(45)24-29)42(56)50-27-39(54)53(3)40-31-13-16-38(60-22-19-48)34(26-31)33-23-30(12-15-37(33)59-21-18-47)25-36(43(57)49-20-17-46)52-41(55)28(2)51-44(40)58/h11-16,23-24,26,28,36,40H,4-10,18-22,25,27,47-48H2,1-3H3,(H,49,57)(H,50,56)(H,51,58)(H,52,55)/t28-,36?,40?/m0/s1. The van der Waals surface area contributed by atoms with E-state index in [4.69, 9.17) is 26.2 Å². The van der Waals surface area contributed by atoms with Crippen LogP contribution >= 0.6 is 15.9 Å². The van der Waals surface area contributed by atoms with Crippen molar-refractivity contribution >= 4 is 45.5 Å². The predicted molar refractivity (Wildman–Crippen MR) is 232 cm³/mol. The van der Waals surface area contributed by atoms with Gasteiger partial charge in [-0.2, -0.15) is 5.26 Å². The third kappa shape index (κ3) is 13.3. The van der Waals surface area contributed by atoms with Gasteiger partial charge < -0.3 is 47.1 Å². The minimum absolute atomic E-state index is 0.0258. The van der Waals surface area contributed by atoms with E-state index in [0.29, 0.717) is 43.8 Å². The van der Waals surface area contributed by atoms with Gasteiger partial charge in [0.2, 0.25) is 23.6 Å². The van der Waals surface area contributed by atoms with Crippen LogP contribution in [-0.4, -0.2) is 93.0 Å². The van der Waals surface area contributed by atoms with Crippen LogP contribution in [0, 0.1) is 11.3 Å². The van der Waals surface area contributed by atoms with Crippen molar-refractivity contribution in [3.05, 3.63) is 81.3 Å². The molecule has 0 saturated carbocycles. The van der Waals surface area contributed by atoms with Crippen molar-refractivity contribution in [2.45, 2.75) is 83.3 Å². The minimum Gasteiger partial charge on any atom is -0.492 e. The molecule has 1 aliphatic rings. The molecule has 3 aromatic rings. The number of carbonyl (C=O) groups excluding carboxylic acids is 5. The number of hydrogen-bond donors (Lipinski definition) is 6. The summed E-state index contributed by atoms with van der Waals surface area (Å²) >= 11 is 3.53. The topological polar surface area (TPSA) is 231 Å². The summed E-state index contributed by atoms with van der Waals surface area (Å²) in [4.78, 5) is 69.6. The van der Waals surface area contributed by atoms with E-state index in [1.54, 1.807) is 42.5 Å². The molecule has 3 aromatic carbocycles. The number of amides is 5. The van der Waals surface area contributed by atoms with Gasteiger partial charge in [0.05, 0.1) is 18.2 Å². The first kappa shape index (κ1) is 47.2. The zero-order chi connectivity index (χ0) is 43.6. The summed E-state index contributed by atoms with van der Waals surface area (Å²) in [6.07, 6.45) is 8.01. The molecule has 2 unspecified atom stereocenters. The number of likely N-dealkylation sites (N-methyl/N-ethyl adjacent to an activating group) is 1. The highest BCUT2D eigenvalue weighted by Gasteiger charge is 2.33. The smallest absolute Gasteiger partial charge is 0.252 e. The lowest BCUT2D eigenvalue weighted by molar-refractivity contribution is -0.139. The number of nitrogens with two attached hydrogens (primary N) is 2. The molecule has 0 fully saturated rings. The average molecular weight is 890 g/mol. The van der Waals surface area contributed by atoms with Crippen LogP contribution in [0.5, 0.6) is 11.5 Å². The second-order valence-corrected chi connectivity index (χ2v) is 15.5. The van der Waals surface area contributed by atoms with Gasteiger partial charge in [0, 0.05) is 42.2 Å². The Hall–Kier alpha value is -5.50. The largest absolute Gasteiger partial charge is 0.492 e. The highest BCUT2D eigenvalue weighted by Crippen LogP contribution is 2.40. The number of halogens is 1. The second-order valence-electron chi connectivity index (χ2n) is 14.7. The van der Waals surface area contributed by atoms with E-state index < -0.39 is 54.2 Å². The molecule has 3 atom stereocenters. The molecular formula is C44H57BrN8O7. The molecular weight excluding hydrogens is 832 g/mol. The molecule has 5 amide bonds. The van der Waals surface area contributed by atoms with E-state index in [-0.39, 0.29) is 39.3 Å². The van der Waals surface area contributed by atoms with Gasteiger partial charge in [-0.3, -0.25) is 24.0 Å². The third-order valence-electron chi connectivity index (χ3n) is 10.1. The van der Waals surface area contributed by atoms with Gasteiger partial charge >= 0.3 is 0 Å². The fourth-order valence-electron chi connectivity index (χ4n) is 6.86. The Morgan fingerprint density at radius 3 is 2.22 bits per heavy atom. The molecule has 0 spiro atoms. The van der Waals surface area contributed by atoms with E-state index in [0.717, 1.165) is 24.8 Å². The summed E-state index contributed by atoms with van der Waals surface area (Å²) in [5, 5.41) is 19.7. The number of hydrogen-bond acceptors (Lipinski definition) is 10. The summed E-state index contributed by atoms with van der Waals surface area (Å²) < 4.78 is 12.7. The zero-order valence-electron chi connectivity index (χ0n) is 34.6. The van der Waals surface area contributed by atoms with Crippen LogP contribution in [0.2, 0.25) is 0 Å². The summed E-state index contributed by atoms with van der Waals surface area (Å²) in [6.45, 7) is 3.69. The summed E-state index contributed by atoms with van der Waals surface area (Å²) in [5.41, 5.74) is 15.1. The highest BCUT2D eigenvalue weighted by atomic mass is 79.9. The van der Waals surface area contributed by atoms with Crippen molar-refractivity contribution in [2.24, 2.45) is 11.5 Å². The van der Waals surface area contributed by atoms with Crippen molar-refractivity contribution < 1.29 is 33.4 Å². The van der Waals surface area contributed by atoms with Crippen molar-refractivity contribution in [1.29, 1.82) is 5.26 Å². The predicted octanol–water partition coefficient (Wildman–Crippen LogP) is 3.81. The van der Waals surface area contributed by atoms with Crippen molar-refractivity contribution in [1.82, 2.24) is 26.2 Å². The van der Waals surface area contributed by atoms with Gasteiger partial charge in [0.15, 0.2) is 0 Å². The van der Waals surface area contributed by atoms with Crippen LogP contribution in [0.25, 0.3) is 11.1 Å². The number of nitrogens with one attached hydrogen (secondary N) is 4. The number of fused-ring (bicyclic) bond motifs is 5. The van der Waals surface area contributed by atoms with E-state index >= 15 is 0 Å². The maximum absolute atomic E-state index is 14.3. The van der Waals surface area contributed by atoms with Crippen LogP contribution in [0.3, 0.4) is 0 Å². The number of nitrogens with zero attached hydrogens (tertiary/aromatic N) is 2. The van der Waals surface area contributed by atoms with Gasteiger partial charge in [0.1, 0.15) is 49.4 Å². The number of carbonyl (C=O) groups is 5. The van der Waals surface area contributed by atoms with Gasteiger partial charge in [-0.05, 0) is 88.8 Å². The Morgan fingerprint density at radius 1 is 0.883 bits per heavy atom. The van der Waals surface area contributed by atoms with Crippen LogP contribution in [-0.2, 0) is 32.0 Å². The van der Waals surface area contributed by atoms with Crippen molar-refractivity contribution in [3.8, 4) is 28.7 Å². The van der Waals surface area contributed by atoms with E-state index in [9.17, 15) is 24.0 Å². The number of benzene rings is 3. The normalized spacial score (nSPS) is 16.3. The molecule has 0 radical (unpaired) electrons. The number of rotatable bonds is 19. The molecule has 0 aliphatic carbocycles. The van der Waals surface area contributed by atoms with Gasteiger partial charge in [-0.1, -0.05) is 57.2 Å². The molecule has 1 aliphatic heterocycles. The maximum atomic E-state index is 14.3. The molecule has 322 valence electrons. The highest BCUT2D eigenvalue weighted by molar-refractivity contribution is 9.10. The van der Waals surface area contributed by atoms with E-state index in [2.05, 4.69) is 44.1 Å². The van der Waals surface area contributed by atoms with Crippen LogP contribution in [0.4, 0.5) is 0 Å². The fraction of sp³-hybridized carbons (Fsp3) is 0.455. The van der Waals surface area contributed by atoms with Crippen molar-refractivity contribution in [3.63, 3.8) is 0 Å². The molecule has 60 heavy (non-hydrogen) atoms. The maximum Gasteiger partial charge on any atom is 0.252 e. The zero-order valence-corrected chi connectivity index (χ0v) is 36.2. The lowest BCUT2D eigenvalue weighted by Crippen LogP contribution is -2.55. The van der Waals surface area contributed by atoms with Crippen LogP contribution < -0.4 is 42.2 Å². The number of unbranched alkanes of at least 4 members (excludes halogenated alkanes) is 5. The first-order chi connectivity index (χ1) is 28.9. The molecule has 0 aromatic heterocycles. The summed E-state index contributed by atoms with van der Waals surface area (Å²) in [5.74, 6) is -2.22. The van der Waals surface area contributed by atoms with Crippen molar-refractivity contribution in [2.75, 3.05) is 46.4 Å². The SMILES string of the molecule is CCCCCCCCc1ccc(C(=O)NCC(=O)N(C)C2C(=O)N[C@@H](C)C(=O)NC(C(=O)NCC#N)Cc3ccc(OCCN)c(c3)-c3cc2ccc3OCCN)c(Br)c1. The molecule has 16 heteroatoms. The van der Waals surface area contributed by atoms with E-state index in [1.807, 2.05) is 18.2 Å². The number of aryl methyl sites for hydroxylation is 1. The van der Waals surface area contributed by atoms with E-state index in [1.165, 1.54) is 44.6 Å². The van der Waals surface area contributed by atoms with Gasteiger partial charge in [-0.15, -0.1) is 0 Å². The Kier molecular flexibility index (Phi) is 18.8.